The first-order valence-electron chi connectivity index (χ1n) is 5.41. The van der Waals surface area contributed by atoms with Crippen molar-refractivity contribution >= 4 is 43.7 Å². The summed E-state index contributed by atoms with van der Waals surface area (Å²) in [4.78, 5) is 11.2. The van der Waals surface area contributed by atoms with Crippen LogP contribution in [0.1, 0.15) is 13.3 Å². The fraction of sp³-hybridized carbons (Fsp3) is 0.889. The monoisotopic (exact) mass is 341 g/mol. The number of carbonyl (C=O) groups is 1. The van der Waals surface area contributed by atoms with Gasteiger partial charge in [-0.15, -0.1) is 11.8 Å². The molecule has 5 nitrogen and oxygen atoms in total. The number of fused-ring (bicyclic) bond motifs is 1. The van der Waals surface area contributed by atoms with Gasteiger partial charge in [-0.05, 0) is 13.3 Å². The summed E-state index contributed by atoms with van der Waals surface area (Å²) in [5, 5.41) is -0.123. The molecule has 0 aliphatic carbocycles. The number of hydrogen-bond donors (Lipinski definition) is 1. The maximum Gasteiger partial charge on any atom is 0.319 e. The molecule has 6 unspecified atom stereocenters. The molecule has 0 aromatic rings. The van der Waals surface area contributed by atoms with E-state index < -0.39 is 10.0 Å². The van der Waals surface area contributed by atoms with Gasteiger partial charge in [0.25, 0.3) is 0 Å². The van der Waals surface area contributed by atoms with Gasteiger partial charge in [0.15, 0.2) is 0 Å². The fourth-order valence-corrected chi connectivity index (χ4v) is 7.29. The summed E-state index contributed by atoms with van der Waals surface area (Å²) >= 11 is 4.79. The normalized spacial score (nSPS) is 47.1. The van der Waals surface area contributed by atoms with E-state index in [0.29, 0.717) is 6.42 Å². The minimum atomic E-state index is -3.19. The van der Waals surface area contributed by atoms with Crippen LogP contribution in [0.4, 0.5) is 0 Å². The molecule has 2 bridgehead atoms. The lowest BCUT2D eigenvalue weighted by atomic mass is 9.93. The van der Waals surface area contributed by atoms with E-state index in [2.05, 4.69) is 20.7 Å². The van der Waals surface area contributed by atoms with Crippen molar-refractivity contribution in [2.24, 2.45) is 0 Å². The van der Waals surface area contributed by atoms with Crippen LogP contribution in [0, 0.1) is 0 Å². The van der Waals surface area contributed by atoms with Crippen LogP contribution in [0.3, 0.4) is 0 Å². The smallest absolute Gasteiger partial charge is 0.319 e. The molecule has 3 aliphatic heterocycles. The summed E-state index contributed by atoms with van der Waals surface area (Å²) < 4.78 is 31.6. The van der Waals surface area contributed by atoms with Crippen molar-refractivity contribution in [3.05, 3.63) is 0 Å². The number of nitrogens with one attached hydrogen (secondary N) is 1. The van der Waals surface area contributed by atoms with Gasteiger partial charge < -0.3 is 4.74 Å². The molecule has 3 heterocycles. The second-order valence-corrected chi connectivity index (χ2v) is 9.35. The highest BCUT2D eigenvalue weighted by atomic mass is 79.9. The Morgan fingerprint density at radius 1 is 1.59 bits per heavy atom. The summed E-state index contributed by atoms with van der Waals surface area (Å²) in [6, 6.07) is -0.232. The third kappa shape index (κ3) is 1.75. The maximum absolute atomic E-state index is 11.8. The van der Waals surface area contributed by atoms with Gasteiger partial charge in [-0.2, -0.15) is 0 Å². The molecule has 8 heteroatoms. The Balaban J connectivity index is 1.81. The van der Waals surface area contributed by atoms with Crippen LogP contribution in [0.25, 0.3) is 0 Å². The maximum atomic E-state index is 11.8. The number of hydrogen-bond acceptors (Lipinski definition) is 5. The van der Waals surface area contributed by atoms with Gasteiger partial charge >= 0.3 is 5.97 Å². The largest absolute Gasteiger partial charge is 0.459 e. The average molecular weight is 342 g/mol. The van der Waals surface area contributed by atoms with Crippen molar-refractivity contribution in [1.82, 2.24) is 4.72 Å². The summed E-state index contributed by atoms with van der Waals surface area (Å²) in [6.07, 6.45) is 0.279. The zero-order valence-corrected chi connectivity index (χ0v) is 12.2. The lowest BCUT2D eigenvalue weighted by molar-refractivity contribution is -0.149. The quantitative estimate of drug-likeness (QED) is 0.575. The van der Waals surface area contributed by atoms with E-state index >= 15 is 0 Å². The van der Waals surface area contributed by atoms with E-state index in [-0.39, 0.29) is 38.7 Å². The molecule has 0 amide bonds. The van der Waals surface area contributed by atoms with Gasteiger partial charge in [-0.3, -0.25) is 4.79 Å². The second kappa shape index (κ2) is 3.85. The van der Waals surface area contributed by atoms with Crippen LogP contribution in [0.5, 0.6) is 0 Å². The van der Waals surface area contributed by atoms with E-state index in [1.165, 1.54) is 0 Å². The van der Waals surface area contributed by atoms with Crippen LogP contribution >= 0.6 is 27.7 Å². The van der Waals surface area contributed by atoms with Crippen molar-refractivity contribution < 1.29 is 17.9 Å². The van der Waals surface area contributed by atoms with Gasteiger partial charge in [-0.1, -0.05) is 15.9 Å². The minimum absolute atomic E-state index is 0.0495. The fourth-order valence-electron chi connectivity index (χ4n) is 2.75. The number of sulfonamides is 1. The van der Waals surface area contributed by atoms with Crippen LogP contribution in [0.2, 0.25) is 0 Å². The predicted molar refractivity (Wildman–Crippen MR) is 67.7 cm³/mol. The second-order valence-electron chi connectivity index (χ2n) is 4.62. The van der Waals surface area contributed by atoms with E-state index in [1.807, 2.05) is 0 Å². The zero-order valence-electron chi connectivity index (χ0n) is 9.00. The van der Waals surface area contributed by atoms with Crippen LogP contribution in [0.15, 0.2) is 0 Å². The highest BCUT2D eigenvalue weighted by Crippen LogP contribution is 2.53. The average Bonchev–Trinajstić information content (AvgIpc) is 2.81. The predicted octanol–water partition coefficient (Wildman–Crippen LogP) is 0.239. The van der Waals surface area contributed by atoms with Crippen molar-refractivity contribution in [2.45, 2.75) is 46.1 Å². The summed E-state index contributed by atoms with van der Waals surface area (Å²) in [5.74, 6) is -0.328. The first kappa shape index (κ1) is 12.3. The van der Waals surface area contributed by atoms with Crippen molar-refractivity contribution in [2.75, 3.05) is 0 Å². The van der Waals surface area contributed by atoms with Gasteiger partial charge in [0.05, 0.1) is 11.3 Å². The van der Waals surface area contributed by atoms with E-state index in [1.54, 1.807) is 18.7 Å². The molecule has 3 rings (SSSR count). The number of alkyl halides is 1. The topological polar surface area (TPSA) is 72.5 Å². The molecule has 0 saturated carbocycles. The Hall–Kier alpha value is 0.210. The van der Waals surface area contributed by atoms with E-state index in [4.69, 9.17) is 4.74 Å². The molecular weight excluding hydrogens is 330 g/mol. The van der Waals surface area contributed by atoms with Crippen molar-refractivity contribution in [1.29, 1.82) is 0 Å². The van der Waals surface area contributed by atoms with Crippen LogP contribution < -0.4 is 4.72 Å². The molecule has 3 fully saturated rings. The molecule has 0 aromatic carbocycles. The Kier molecular flexibility index (Phi) is 2.78. The highest BCUT2D eigenvalue weighted by Gasteiger charge is 2.64. The molecule has 96 valence electrons. The minimum Gasteiger partial charge on any atom is -0.459 e. The molecule has 3 saturated heterocycles. The van der Waals surface area contributed by atoms with Crippen LogP contribution in [-0.4, -0.2) is 47.1 Å². The Bertz CT molecular complexity index is 466. The molecule has 0 spiro atoms. The number of thioether (sulfide) groups is 1. The number of ether oxygens (including phenoxy) is 1. The SMILES string of the molecule is CC(Br)C(=O)OC1C2CC3C(S2)C1NS3(=O)=O. The Morgan fingerprint density at radius 3 is 2.94 bits per heavy atom. The van der Waals surface area contributed by atoms with Gasteiger partial charge in [0, 0.05) is 10.5 Å². The zero-order chi connectivity index (χ0) is 12.4. The summed E-state index contributed by atoms with van der Waals surface area (Å²) in [6.45, 7) is 1.70. The third-order valence-electron chi connectivity index (χ3n) is 3.51. The van der Waals surface area contributed by atoms with Crippen molar-refractivity contribution in [3.63, 3.8) is 0 Å². The van der Waals surface area contributed by atoms with Gasteiger partial charge in [-0.25, -0.2) is 13.1 Å². The number of rotatable bonds is 2. The first-order chi connectivity index (χ1) is 7.90. The Labute approximate surface area is 112 Å². The number of esters is 1. The van der Waals surface area contributed by atoms with Crippen molar-refractivity contribution in [3.8, 4) is 0 Å². The third-order valence-corrected chi connectivity index (χ3v) is 7.69. The molecule has 0 aromatic heterocycles. The van der Waals surface area contributed by atoms with Gasteiger partial charge in [0.2, 0.25) is 10.0 Å². The molecule has 6 atom stereocenters. The number of carbonyl (C=O) groups excluding carboxylic acids is 1. The van der Waals surface area contributed by atoms with E-state index in [9.17, 15) is 13.2 Å². The first-order valence-corrected chi connectivity index (χ1v) is 8.82. The standard InChI is InChI=1S/C9H12BrNO4S2/c1-3(10)9(12)15-7-4-2-5-8(16-4)6(7)11-17(5,13)14/h3-8,11H,2H2,1H3. The van der Waals surface area contributed by atoms with Crippen LogP contribution in [-0.2, 0) is 19.6 Å². The molecule has 0 radical (unpaired) electrons. The highest BCUT2D eigenvalue weighted by molar-refractivity contribution is 9.10. The van der Waals surface area contributed by atoms with E-state index in [0.717, 1.165) is 0 Å². The Morgan fingerprint density at radius 2 is 2.29 bits per heavy atom. The number of halogens is 1. The molecule has 3 aliphatic rings. The summed E-state index contributed by atoms with van der Waals surface area (Å²) in [7, 11) is -3.19. The molecule has 17 heavy (non-hydrogen) atoms. The molecule has 1 N–H and O–H groups in total. The summed E-state index contributed by atoms with van der Waals surface area (Å²) in [5.41, 5.74) is 0. The molecular formula is C9H12BrNO4S2. The lowest BCUT2D eigenvalue weighted by Gasteiger charge is -2.25. The van der Waals surface area contributed by atoms with Gasteiger partial charge in [0.1, 0.15) is 10.9 Å². The lowest BCUT2D eigenvalue weighted by Crippen LogP contribution is -2.45.